The van der Waals surface area contributed by atoms with Gasteiger partial charge in [0.2, 0.25) is 11.6 Å². The van der Waals surface area contributed by atoms with E-state index >= 15 is 0 Å². The van der Waals surface area contributed by atoms with Crippen molar-refractivity contribution in [3.63, 3.8) is 0 Å². The number of carbonyl (C=O) groups excluding carboxylic acids is 2. The van der Waals surface area contributed by atoms with Gasteiger partial charge >= 0.3 is 0 Å². The summed E-state index contributed by atoms with van der Waals surface area (Å²) in [5, 5.41) is 18.7. The molecule has 1 aromatic heterocycles. The molecule has 0 atom stereocenters. The van der Waals surface area contributed by atoms with E-state index in [-0.39, 0.29) is 34.8 Å². The minimum absolute atomic E-state index is 0.0266. The second-order valence-electron chi connectivity index (χ2n) is 4.88. The van der Waals surface area contributed by atoms with E-state index in [1.54, 1.807) is 4.90 Å². The molecule has 1 aromatic rings. The zero-order valence-electron chi connectivity index (χ0n) is 14.2. The molecule has 110 valence electrons. The Bertz CT molecular complexity index is 786. The van der Waals surface area contributed by atoms with E-state index in [1.807, 2.05) is 0 Å². The Morgan fingerprint density at radius 2 is 2.14 bits per heavy atom. The standard InChI is InChI=1S/C15H16N2O4/c1-16-10(3-2-6-18)9(8-19)13-14(16)12(20)7-11(15(13)21)17-4-5-17/h2-3,7,18-19H,4-6,8H2,1H3/b3-2+/i1D3. The molecule has 0 aromatic carbocycles. The smallest absolute Gasteiger partial charge is 0.211 e. The number of aliphatic hydroxyl groups is 2. The Morgan fingerprint density at radius 1 is 1.38 bits per heavy atom. The SMILES string of the molecule is [2H]C([2H])([2H])n1c(/C=C/CO)c(CO)c2c1C(=O)C=C(N1CC1)C2=O. The van der Waals surface area contributed by atoms with E-state index < -0.39 is 25.1 Å². The van der Waals surface area contributed by atoms with Crippen molar-refractivity contribution in [2.75, 3.05) is 19.7 Å². The molecule has 0 bridgehead atoms. The van der Waals surface area contributed by atoms with Crippen LogP contribution in [0, 0.1) is 0 Å². The molecule has 6 nitrogen and oxygen atoms in total. The molecule has 0 saturated carbocycles. The first-order valence-corrected chi connectivity index (χ1v) is 6.53. The van der Waals surface area contributed by atoms with E-state index in [2.05, 4.69) is 0 Å². The second-order valence-corrected chi connectivity index (χ2v) is 4.88. The maximum absolute atomic E-state index is 12.7. The summed E-state index contributed by atoms with van der Waals surface area (Å²) in [5.41, 5.74) is 0.0192. The van der Waals surface area contributed by atoms with Gasteiger partial charge in [0.1, 0.15) is 5.69 Å². The molecule has 1 saturated heterocycles. The summed E-state index contributed by atoms with van der Waals surface area (Å²) in [5.74, 6) is -1.05. The number of aliphatic hydroxyl groups excluding tert-OH is 2. The Morgan fingerprint density at radius 3 is 2.71 bits per heavy atom. The van der Waals surface area contributed by atoms with Crippen LogP contribution in [0.15, 0.2) is 17.8 Å². The molecule has 2 heterocycles. The molecule has 0 unspecified atom stereocenters. The first kappa shape index (κ1) is 10.5. The number of Topliss-reactive ketones (excluding diaryl/α,β-unsaturated/α-hetero) is 1. The number of ketones is 2. The van der Waals surface area contributed by atoms with Gasteiger partial charge in [-0.15, -0.1) is 0 Å². The van der Waals surface area contributed by atoms with E-state index in [0.717, 1.165) is 10.6 Å². The number of allylic oxidation sites excluding steroid dienone is 2. The average molecular weight is 291 g/mol. The summed E-state index contributed by atoms with van der Waals surface area (Å²) >= 11 is 0. The Kier molecular flexibility index (Phi) is 2.50. The van der Waals surface area contributed by atoms with Crippen LogP contribution in [0.4, 0.5) is 0 Å². The molecule has 0 amide bonds. The summed E-state index contributed by atoms with van der Waals surface area (Å²) < 4.78 is 23.9. The predicted molar refractivity (Wildman–Crippen MR) is 75.8 cm³/mol. The highest BCUT2D eigenvalue weighted by Gasteiger charge is 2.37. The molecule has 21 heavy (non-hydrogen) atoms. The number of nitrogens with zero attached hydrogens (tertiary/aromatic N) is 2. The lowest BCUT2D eigenvalue weighted by Gasteiger charge is -2.14. The van der Waals surface area contributed by atoms with Crippen LogP contribution in [0.5, 0.6) is 0 Å². The number of aromatic nitrogens is 1. The summed E-state index contributed by atoms with van der Waals surface area (Å²) in [6.07, 6.45) is 3.74. The summed E-state index contributed by atoms with van der Waals surface area (Å²) in [4.78, 5) is 27.0. The Hall–Kier alpha value is -2.18. The van der Waals surface area contributed by atoms with E-state index in [9.17, 15) is 14.7 Å². The third-order valence-corrected chi connectivity index (χ3v) is 3.60. The molecule has 2 N–H and O–H groups in total. The van der Waals surface area contributed by atoms with Gasteiger partial charge in [-0.1, -0.05) is 6.08 Å². The number of hydrogen-bond acceptors (Lipinski definition) is 5. The predicted octanol–water partition coefficient (Wildman–Crippen LogP) is 0.101. The van der Waals surface area contributed by atoms with Gasteiger partial charge in [-0.2, -0.15) is 0 Å². The normalized spacial score (nSPS) is 20.2. The number of hydrogen-bond donors (Lipinski definition) is 2. The third kappa shape index (κ3) is 2.03. The van der Waals surface area contributed by atoms with Crippen molar-refractivity contribution in [1.29, 1.82) is 0 Å². The van der Waals surface area contributed by atoms with Gasteiger partial charge in [0, 0.05) is 41.5 Å². The Labute approximate surface area is 125 Å². The molecule has 1 aliphatic heterocycles. The number of carbonyl (C=O) groups is 2. The lowest BCUT2D eigenvalue weighted by molar-refractivity contribution is 0.0964. The van der Waals surface area contributed by atoms with Crippen LogP contribution in [0.3, 0.4) is 0 Å². The number of fused-ring (bicyclic) bond motifs is 1. The zero-order chi connectivity index (χ0) is 17.6. The van der Waals surface area contributed by atoms with Crippen molar-refractivity contribution >= 4 is 17.6 Å². The molecular weight excluding hydrogens is 272 g/mol. The van der Waals surface area contributed by atoms with Gasteiger partial charge in [-0.05, 0) is 6.08 Å². The van der Waals surface area contributed by atoms with Crippen molar-refractivity contribution in [3.8, 4) is 0 Å². The zero-order valence-corrected chi connectivity index (χ0v) is 11.2. The highest BCUT2D eigenvalue weighted by molar-refractivity contribution is 6.25. The highest BCUT2D eigenvalue weighted by Crippen LogP contribution is 2.33. The van der Waals surface area contributed by atoms with Crippen LogP contribution in [-0.4, -0.2) is 50.9 Å². The molecule has 3 rings (SSSR count). The topological polar surface area (TPSA) is 82.5 Å². The minimum atomic E-state index is -2.71. The fourth-order valence-electron chi connectivity index (χ4n) is 2.53. The Balaban J connectivity index is 2.31. The van der Waals surface area contributed by atoms with Gasteiger partial charge in [-0.25, -0.2) is 0 Å². The maximum Gasteiger partial charge on any atom is 0.211 e. The monoisotopic (exact) mass is 291 g/mol. The van der Waals surface area contributed by atoms with Crippen molar-refractivity contribution in [2.24, 2.45) is 6.98 Å². The van der Waals surface area contributed by atoms with Crippen LogP contribution in [0.2, 0.25) is 0 Å². The van der Waals surface area contributed by atoms with Gasteiger partial charge < -0.3 is 19.7 Å². The summed E-state index contributed by atoms with van der Waals surface area (Å²) in [6, 6.07) is 0. The van der Waals surface area contributed by atoms with Gasteiger partial charge in [0.15, 0.2) is 0 Å². The van der Waals surface area contributed by atoms with Crippen LogP contribution in [-0.2, 0) is 13.6 Å². The summed E-state index contributed by atoms with van der Waals surface area (Å²) in [7, 11) is 0. The molecule has 6 heteroatoms. The lowest BCUT2D eigenvalue weighted by Crippen LogP contribution is -2.22. The molecule has 0 radical (unpaired) electrons. The number of rotatable bonds is 4. The van der Waals surface area contributed by atoms with Crippen molar-refractivity contribution in [3.05, 3.63) is 40.4 Å². The molecular formula is C15H16N2O4. The van der Waals surface area contributed by atoms with Crippen LogP contribution in [0.25, 0.3) is 6.08 Å². The van der Waals surface area contributed by atoms with Crippen LogP contribution >= 0.6 is 0 Å². The quantitative estimate of drug-likeness (QED) is 0.769. The lowest BCUT2D eigenvalue weighted by atomic mass is 9.95. The highest BCUT2D eigenvalue weighted by atomic mass is 16.3. The van der Waals surface area contributed by atoms with Gasteiger partial charge in [0.25, 0.3) is 0 Å². The van der Waals surface area contributed by atoms with Gasteiger partial charge in [0.05, 0.1) is 24.5 Å². The fourth-order valence-corrected chi connectivity index (χ4v) is 2.53. The van der Waals surface area contributed by atoms with E-state index in [1.165, 1.54) is 12.2 Å². The van der Waals surface area contributed by atoms with Crippen LogP contribution in [0.1, 0.15) is 36.2 Å². The molecule has 2 aliphatic rings. The largest absolute Gasteiger partial charge is 0.392 e. The molecule has 1 fully saturated rings. The second kappa shape index (κ2) is 4.98. The van der Waals surface area contributed by atoms with Crippen molar-refractivity contribution in [1.82, 2.24) is 9.47 Å². The third-order valence-electron chi connectivity index (χ3n) is 3.60. The van der Waals surface area contributed by atoms with Crippen LogP contribution < -0.4 is 0 Å². The van der Waals surface area contributed by atoms with Crippen molar-refractivity contribution < 1.29 is 23.9 Å². The van der Waals surface area contributed by atoms with E-state index in [0.29, 0.717) is 13.1 Å². The maximum atomic E-state index is 12.7. The average Bonchev–Trinajstić information content (AvgIpc) is 3.28. The van der Waals surface area contributed by atoms with Crippen molar-refractivity contribution in [2.45, 2.75) is 6.61 Å². The summed E-state index contributed by atoms with van der Waals surface area (Å²) in [6.45, 7) is -2.34. The molecule has 1 aliphatic carbocycles. The first-order valence-electron chi connectivity index (χ1n) is 8.03. The van der Waals surface area contributed by atoms with E-state index in [4.69, 9.17) is 9.22 Å². The van der Waals surface area contributed by atoms with Gasteiger partial charge in [-0.3, -0.25) is 9.59 Å². The minimum Gasteiger partial charge on any atom is -0.392 e. The fraction of sp³-hybridized carbons (Fsp3) is 0.333. The first-order chi connectivity index (χ1) is 11.3. The molecule has 0 spiro atoms.